The van der Waals surface area contributed by atoms with Crippen LogP contribution in [0.5, 0.6) is 5.75 Å². The molecule has 0 saturated carbocycles. The Hall–Kier alpha value is -2.49. The van der Waals surface area contributed by atoms with Crippen LogP contribution in [0.4, 0.5) is 10.5 Å². The number of para-hydroxylation sites is 2. The SMILES string of the molecule is NC(=O)N1CC(c2ccccc2)Oc2ccccc21. The highest BCUT2D eigenvalue weighted by Gasteiger charge is 2.29. The van der Waals surface area contributed by atoms with Crippen molar-refractivity contribution in [2.45, 2.75) is 6.10 Å². The lowest BCUT2D eigenvalue weighted by molar-refractivity contribution is 0.195. The van der Waals surface area contributed by atoms with Crippen molar-refractivity contribution in [2.24, 2.45) is 5.73 Å². The molecule has 19 heavy (non-hydrogen) atoms. The summed E-state index contributed by atoms with van der Waals surface area (Å²) in [4.78, 5) is 13.1. The Kier molecular flexibility index (Phi) is 2.83. The maximum atomic E-state index is 11.6. The van der Waals surface area contributed by atoms with E-state index in [9.17, 15) is 4.79 Å². The van der Waals surface area contributed by atoms with Gasteiger partial charge in [-0.2, -0.15) is 0 Å². The fraction of sp³-hybridized carbons (Fsp3) is 0.133. The summed E-state index contributed by atoms with van der Waals surface area (Å²) in [5.41, 5.74) is 7.21. The molecular formula is C15H14N2O2. The first-order chi connectivity index (χ1) is 9.25. The fourth-order valence-corrected chi connectivity index (χ4v) is 2.28. The number of urea groups is 1. The number of carbonyl (C=O) groups is 1. The Bertz CT molecular complexity index is 598. The predicted molar refractivity (Wildman–Crippen MR) is 73.2 cm³/mol. The molecule has 0 fully saturated rings. The van der Waals surface area contributed by atoms with Crippen molar-refractivity contribution >= 4 is 11.7 Å². The molecule has 1 aliphatic heterocycles. The van der Waals surface area contributed by atoms with Crippen molar-refractivity contribution < 1.29 is 9.53 Å². The molecule has 0 bridgehead atoms. The Balaban J connectivity index is 1.99. The van der Waals surface area contributed by atoms with E-state index in [4.69, 9.17) is 10.5 Å². The van der Waals surface area contributed by atoms with Crippen LogP contribution in [0.1, 0.15) is 11.7 Å². The molecule has 1 unspecified atom stereocenters. The molecule has 4 nitrogen and oxygen atoms in total. The average molecular weight is 254 g/mol. The maximum absolute atomic E-state index is 11.6. The number of nitrogens with zero attached hydrogens (tertiary/aromatic N) is 1. The van der Waals surface area contributed by atoms with Crippen molar-refractivity contribution in [3.05, 3.63) is 60.2 Å². The Morgan fingerprint density at radius 2 is 1.79 bits per heavy atom. The number of anilines is 1. The van der Waals surface area contributed by atoms with Gasteiger partial charge in [-0.05, 0) is 17.7 Å². The second-order valence-corrected chi connectivity index (χ2v) is 4.43. The molecule has 2 amide bonds. The summed E-state index contributed by atoms with van der Waals surface area (Å²) in [6.07, 6.45) is -0.191. The molecule has 4 heteroatoms. The van der Waals surface area contributed by atoms with Crippen LogP contribution in [0.25, 0.3) is 0 Å². The number of primary amides is 1. The van der Waals surface area contributed by atoms with Gasteiger partial charge < -0.3 is 10.5 Å². The first-order valence-electron chi connectivity index (χ1n) is 6.13. The van der Waals surface area contributed by atoms with Crippen LogP contribution in [0.3, 0.4) is 0 Å². The zero-order valence-electron chi connectivity index (χ0n) is 10.3. The largest absolute Gasteiger partial charge is 0.482 e. The fourth-order valence-electron chi connectivity index (χ4n) is 2.28. The number of rotatable bonds is 1. The lowest BCUT2D eigenvalue weighted by atomic mass is 10.1. The zero-order valence-corrected chi connectivity index (χ0v) is 10.3. The van der Waals surface area contributed by atoms with E-state index in [1.165, 1.54) is 0 Å². The Morgan fingerprint density at radius 3 is 2.53 bits per heavy atom. The summed E-state index contributed by atoms with van der Waals surface area (Å²) >= 11 is 0. The van der Waals surface area contributed by atoms with Gasteiger partial charge >= 0.3 is 6.03 Å². The van der Waals surface area contributed by atoms with Gasteiger partial charge in [0.1, 0.15) is 11.9 Å². The van der Waals surface area contributed by atoms with Crippen LogP contribution in [-0.4, -0.2) is 12.6 Å². The van der Waals surface area contributed by atoms with E-state index in [0.29, 0.717) is 12.3 Å². The molecule has 1 aliphatic rings. The molecule has 2 aromatic rings. The molecule has 0 saturated heterocycles. The highest BCUT2D eigenvalue weighted by molar-refractivity contribution is 5.93. The third kappa shape index (κ3) is 2.12. The second-order valence-electron chi connectivity index (χ2n) is 4.43. The molecular weight excluding hydrogens is 240 g/mol. The Labute approximate surface area is 111 Å². The number of benzene rings is 2. The van der Waals surface area contributed by atoms with Crippen LogP contribution in [0, 0.1) is 0 Å². The van der Waals surface area contributed by atoms with Crippen molar-refractivity contribution in [1.29, 1.82) is 0 Å². The first kappa shape index (κ1) is 11.6. The minimum absolute atomic E-state index is 0.191. The predicted octanol–water partition coefficient (Wildman–Crippen LogP) is 2.71. The molecule has 0 spiro atoms. The lowest BCUT2D eigenvalue weighted by Gasteiger charge is -2.34. The monoisotopic (exact) mass is 254 g/mol. The second kappa shape index (κ2) is 4.65. The maximum Gasteiger partial charge on any atom is 0.319 e. The molecule has 0 aromatic heterocycles. The van der Waals surface area contributed by atoms with Gasteiger partial charge in [0.15, 0.2) is 0 Å². The van der Waals surface area contributed by atoms with Crippen molar-refractivity contribution in [2.75, 3.05) is 11.4 Å². The van der Waals surface area contributed by atoms with E-state index >= 15 is 0 Å². The minimum Gasteiger partial charge on any atom is -0.482 e. The van der Waals surface area contributed by atoms with Gasteiger partial charge in [-0.1, -0.05) is 42.5 Å². The lowest BCUT2D eigenvalue weighted by Crippen LogP contribution is -2.42. The summed E-state index contributed by atoms with van der Waals surface area (Å²) in [5.74, 6) is 0.682. The van der Waals surface area contributed by atoms with Crippen molar-refractivity contribution in [1.82, 2.24) is 0 Å². The highest BCUT2D eigenvalue weighted by Crippen LogP contribution is 2.37. The van der Waals surface area contributed by atoms with Gasteiger partial charge in [0, 0.05) is 0 Å². The van der Waals surface area contributed by atoms with Gasteiger partial charge in [0.2, 0.25) is 0 Å². The van der Waals surface area contributed by atoms with Crippen LogP contribution >= 0.6 is 0 Å². The van der Waals surface area contributed by atoms with E-state index in [1.54, 1.807) is 4.90 Å². The number of fused-ring (bicyclic) bond motifs is 1. The molecule has 3 rings (SSSR count). The van der Waals surface area contributed by atoms with Gasteiger partial charge in [0.05, 0.1) is 12.2 Å². The van der Waals surface area contributed by atoms with Crippen LogP contribution in [-0.2, 0) is 0 Å². The molecule has 2 N–H and O–H groups in total. The highest BCUT2D eigenvalue weighted by atomic mass is 16.5. The van der Waals surface area contributed by atoms with Gasteiger partial charge in [0.25, 0.3) is 0 Å². The molecule has 96 valence electrons. The molecule has 2 aromatic carbocycles. The Morgan fingerprint density at radius 1 is 1.11 bits per heavy atom. The third-order valence-corrected chi connectivity index (χ3v) is 3.21. The molecule has 1 heterocycles. The smallest absolute Gasteiger partial charge is 0.319 e. The number of amides is 2. The van der Waals surface area contributed by atoms with Crippen LogP contribution < -0.4 is 15.4 Å². The quantitative estimate of drug-likeness (QED) is 0.850. The number of hydrogen-bond donors (Lipinski definition) is 1. The van der Waals surface area contributed by atoms with Crippen LogP contribution in [0.15, 0.2) is 54.6 Å². The van der Waals surface area contributed by atoms with Gasteiger partial charge in [-0.3, -0.25) is 4.90 Å². The van der Waals surface area contributed by atoms with Crippen LogP contribution in [0.2, 0.25) is 0 Å². The van der Waals surface area contributed by atoms with E-state index in [-0.39, 0.29) is 6.10 Å². The third-order valence-electron chi connectivity index (χ3n) is 3.21. The van der Waals surface area contributed by atoms with E-state index in [0.717, 1.165) is 11.3 Å². The normalized spacial score (nSPS) is 17.5. The van der Waals surface area contributed by atoms with E-state index < -0.39 is 6.03 Å². The van der Waals surface area contributed by atoms with Gasteiger partial charge in [-0.25, -0.2) is 4.79 Å². The van der Waals surface area contributed by atoms with Gasteiger partial charge in [-0.15, -0.1) is 0 Å². The topological polar surface area (TPSA) is 55.6 Å². The first-order valence-corrected chi connectivity index (χ1v) is 6.13. The number of ether oxygens (including phenoxy) is 1. The average Bonchev–Trinajstić information content (AvgIpc) is 2.47. The van der Waals surface area contributed by atoms with Crippen molar-refractivity contribution in [3.8, 4) is 5.75 Å². The molecule has 0 aliphatic carbocycles. The minimum atomic E-state index is -0.461. The summed E-state index contributed by atoms with van der Waals surface area (Å²) in [6, 6.07) is 16.8. The van der Waals surface area contributed by atoms with E-state index in [1.807, 2.05) is 54.6 Å². The summed E-state index contributed by atoms with van der Waals surface area (Å²) < 4.78 is 5.95. The van der Waals surface area contributed by atoms with Crippen molar-refractivity contribution in [3.63, 3.8) is 0 Å². The summed E-state index contributed by atoms with van der Waals surface area (Å²) in [6.45, 7) is 0.427. The van der Waals surface area contributed by atoms with E-state index in [2.05, 4.69) is 0 Å². The summed E-state index contributed by atoms with van der Waals surface area (Å²) in [5, 5.41) is 0. The zero-order chi connectivity index (χ0) is 13.2. The number of carbonyl (C=O) groups excluding carboxylic acids is 1. The number of nitrogens with two attached hydrogens (primary N) is 1. The standard InChI is InChI=1S/C15H14N2O2/c16-15(18)17-10-14(11-6-2-1-3-7-11)19-13-9-5-4-8-12(13)17/h1-9,14H,10H2,(H2,16,18). The summed E-state index contributed by atoms with van der Waals surface area (Å²) in [7, 11) is 0. The molecule has 0 radical (unpaired) electrons. The molecule has 1 atom stereocenters. The number of hydrogen-bond acceptors (Lipinski definition) is 2.